The number of anilines is 1. The Hall–Kier alpha value is -0.630. The quantitative estimate of drug-likeness (QED) is 0.591. The second-order valence-corrected chi connectivity index (χ2v) is 4.88. The average Bonchev–Trinajstić information content (AvgIpc) is 1.99. The highest BCUT2D eigenvalue weighted by molar-refractivity contribution is 7.99. The smallest absolute Gasteiger partial charge is 0.0327 e. The minimum absolute atomic E-state index is 0.728. The van der Waals surface area contributed by atoms with Crippen molar-refractivity contribution in [3.05, 3.63) is 23.8 Å². The van der Waals surface area contributed by atoms with E-state index >= 15 is 0 Å². The van der Waals surface area contributed by atoms with E-state index in [9.17, 15) is 0 Å². The molecule has 1 nitrogen and oxygen atoms in total. The van der Waals surface area contributed by atoms with Gasteiger partial charge in [0.05, 0.1) is 0 Å². The highest BCUT2D eigenvalue weighted by atomic mass is 32.2. The zero-order valence-electron chi connectivity index (χ0n) is 8.50. The van der Waals surface area contributed by atoms with Crippen molar-refractivity contribution in [3.63, 3.8) is 0 Å². The first kappa shape index (κ1) is 10.5. The third-order valence-corrected chi connectivity index (χ3v) is 3.06. The second-order valence-electron chi connectivity index (χ2n) is 3.78. The molecule has 0 bridgehead atoms. The van der Waals surface area contributed by atoms with Gasteiger partial charge in [-0.2, -0.15) is 0 Å². The summed E-state index contributed by atoms with van der Waals surface area (Å²) >= 11 is 1.88. The average molecular weight is 195 g/mol. The van der Waals surface area contributed by atoms with Gasteiger partial charge in [-0.05, 0) is 36.6 Å². The van der Waals surface area contributed by atoms with Crippen molar-refractivity contribution in [2.45, 2.75) is 25.7 Å². The minimum Gasteiger partial charge on any atom is -0.399 e. The molecule has 0 heterocycles. The number of nitrogens with two attached hydrogens (primary N) is 1. The van der Waals surface area contributed by atoms with E-state index in [-0.39, 0.29) is 0 Å². The number of thioether (sulfide) groups is 1. The SMILES string of the molecule is Cc1cc(N)cc(SCC(C)C)c1. The first-order valence-electron chi connectivity index (χ1n) is 4.58. The van der Waals surface area contributed by atoms with Crippen LogP contribution in [0.5, 0.6) is 0 Å². The molecule has 0 atom stereocenters. The van der Waals surface area contributed by atoms with E-state index in [0.29, 0.717) is 0 Å². The minimum atomic E-state index is 0.728. The monoisotopic (exact) mass is 195 g/mol. The summed E-state index contributed by atoms with van der Waals surface area (Å²) in [6, 6.07) is 6.23. The molecule has 1 aromatic carbocycles. The fourth-order valence-electron chi connectivity index (χ4n) is 1.12. The van der Waals surface area contributed by atoms with Crippen LogP contribution in [0.1, 0.15) is 19.4 Å². The van der Waals surface area contributed by atoms with Crippen molar-refractivity contribution < 1.29 is 0 Å². The molecule has 72 valence electrons. The van der Waals surface area contributed by atoms with Gasteiger partial charge in [0.15, 0.2) is 0 Å². The van der Waals surface area contributed by atoms with Crippen LogP contribution in [0, 0.1) is 12.8 Å². The number of benzene rings is 1. The molecule has 0 aromatic heterocycles. The summed E-state index contributed by atoms with van der Waals surface area (Å²) in [5, 5.41) is 0. The fraction of sp³-hybridized carbons (Fsp3) is 0.455. The molecule has 1 aromatic rings. The summed E-state index contributed by atoms with van der Waals surface area (Å²) in [5.41, 5.74) is 7.86. The molecular weight excluding hydrogens is 178 g/mol. The zero-order chi connectivity index (χ0) is 9.84. The van der Waals surface area contributed by atoms with Crippen LogP contribution in [0.4, 0.5) is 5.69 Å². The van der Waals surface area contributed by atoms with Crippen molar-refractivity contribution in [1.82, 2.24) is 0 Å². The molecule has 13 heavy (non-hydrogen) atoms. The molecule has 0 spiro atoms. The topological polar surface area (TPSA) is 26.0 Å². The van der Waals surface area contributed by atoms with Gasteiger partial charge in [0.1, 0.15) is 0 Å². The first-order valence-corrected chi connectivity index (χ1v) is 5.56. The molecule has 0 aliphatic carbocycles. The summed E-state index contributed by atoms with van der Waals surface area (Å²) < 4.78 is 0. The maximum absolute atomic E-state index is 5.75. The molecular formula is C11H17NS. The molecule has 2 heteroatoms. The van der Waals surface area contributed by atoms with E-state index < -0.39 is 0 Å². The van der Waals surface area contributed by atoms with Gasteiger partial charge in [0.2, 0.25) is 0 Å². The first-order chi connectivity index (χ1) is 6.08. The molecule has 0 aliphatic rings. The Balaban J connectivity index is 2.66. The molecule has 0 aliphatic heterocycles. The normalized spacial score (nSPS) is 10.8. The van der Waals surface area contributed by atoms with E-state index in [1.165, 1.54) is 10.5 Å². The van der Waals surface area contributed by atoms with Gasteiger partial charge in [-0.15, -0.1) is 11.8 Å². The van der Waals surface area contributed by atoms with Gasteiger partial charge in [-0.1, -0.05) is 13.8 Å². The number of nitrogen functional groups attached to an aromatic ring is 1. The van der Waals surface area contributed by atoms with Crippen LogP contribution in [0.25, 0.3) is 0 Å². The molecule has 0 saturated carbocycles. The van der Waals surface area contributed by atoms with Crippen LogP contribution in [0.15, 0.2) is 23.1 Å². The van der Waals surface area contributed by atoms with Crippen molar-refractivity contribution in [2.24, 2.45) is 5.92 Å². The van der Waals surface area contributed by atoms with Gasteiger partial charge in [0.25, 0.3) is 0 Å². The zero-order valence-corrected chi connectivity index (χ0v) is 9.32. The van der Waals surface area contributed by atoms with Crippen molar-refractivity contribution in [1.29, 1.82) is 0 Å². The molecule has 0 radical (unpaired) electrons. The van der Waals surface area contributed by atoms with Gasteiger partial charge in [0, 0.05) is 16.3 Å². The van der Waals surface area contributed by atoms with Crippen LogP contribution in [0.3, 0.4) is 0 Å². The number of hydrogen-bond acceptors (Lipinski definition) is 2. The summed E-state index contributed by atoms with van der Waals surface area (Å²) in [6.07, 6.45) is 0. The molecule has 0 amide bonds. The van der Waals surface area contributed by atoms with Crippen LogP contribution in [-0.4, -0.2) is 5.75 Å². The van der Waals surface area contributed by atoms with E-state index in [2.05, 4.69) is 26.8 Å². The molecule has 0 fully saturated rings. The van der Waals surface area contributed by atoms with Gasteiger partial charge >= 0.3 is 0 Å². The third kappa shape index (κ3) is 3.73. The maximum atomic E-state index is 5.75. The molecule has 0 saturated heterocycles. The van der Waals surface area contributed by atoms with Crippen molar-refractivity contribution in [2.75, 3.05) is 11.5 Å². The summed E-state index contributed by atoms with van der Waals surface area (Å²) in [6.45, 7) is 6.54. The lowest BCUT2D eigenvalue weighted by Crippen LogP contribution is -1.91. The van der Waals surface area contributed by atoms with E-state index in [1.54, 1.807) is 0 Å². The van der Waals surface area contributed by atoms with Gasteiger partial charge in [-0.25, -0.2) is 0 Å². The lowest BCUT2D eigenvalue weighted by molar-refractivity contribution is 0.750. The highest BCUT2D eigenvalue weighted by Crippen LogP contribution is 2.24. The lowest BCUT2D eigenvalue weighted by atomic mass is 10.2. The molecule has 2 N–H and O–H groups in total. The van der Waals surface area contributed by atoms with Crippen LogP contribution in [-0.2, 0) is 0 Å². The largest absolute Gasteiger partial charge is 0.399 e. The van der Waals surface area contributed by atoms with E-state index in [0.717, 1.165) is 17.4 Å². The standard InChI is InChI=1S/C11H17NS/c1-8(2)7-13-11-5-9(3)4-10(12)6-11/h4-6,8H,7,12H2,1-3H3. The van der Waals surface area contributed by atoms with E-state index in [4.69, 9.17) is 5.73 Å². The molecule has 1 rings (SSSR count). The van der Waals surface area contributed by atoms with Crippen LogP contribution >= 0.6 is 11.8 Å². The van der Waals surface area contributed by atoms with Gasteiger partial charge < -0.3 is 5.73 Å². The van der Waals surface area contributed by atoms with E-state index in [1.807, 2.05) is 23.9 Å². The van der Waals surface area contributed by atoms with Crippen LogP contribution < -0.4 is 5.73 Å². The Bertz CT molecular complexity index is 261. The molecule has 0 unspecified atom stereocenters. The van der Waals surface area contributed by atoms with Crippen molar-refractivity contribution in [3.8, 4) is 0 Å². The lowest BCUT2D eigenvalue weighted by Gasteiger charge is -2.06. The predicted molar refractivity (Wildman–Crippen MR) is 61.2 cm³/mol. The summed E-state index contributed by atoms with van der Waals surface area (Å²) in [5.74, 6) is 1.88. The summed E-state index contributed by atoms with van der Waals surface area (Å²) in [7, 11) is 0. The second kappa shape index (κ2) is 4.56. The third-order valence-electron chi connectivity index (χ3n) is 1.66. The predicted octanol–water partition coefficient (Wildman–Crippen LogP) is 3.33. The number of aryl methyl sites for hydroxylation is 1. The summed E-state index contributed by atoms with van der Waals surface area (Å²) in [4.78, 5) is 1.28. The Morgan fingerprint density at radius 1 is 1.31 bits per heavy atom. The maximum Gasteiger partial charge on any atom is 0.0327 e. The Labute approximate surface area is 84.7 Å². The highest BCUT2D eigenvalue weighted by Gasteiger charge is 1.99. The Kier molecular flexibility index (Phi) is 3.67. The fourth-order valence-corrected chi connectivity index (χ4v) is 2.14. The van der Waals surface area contributed by atoms with Crippen molar-refractivity contribution >= 4 is 17.4 Å². The Morgan fingerprint density at radius 3 is 2.54 bits per heavy atom. The van der Waals surface area contributed by atoms with Crippen LogP contribution in [0.2, 0.25) is 0 Å². The number of rotatable bonds is 3. The van der Waals surface area contributed by atoms with Gasteiger partial charge in [-0.3, -0.25) is 0 Å². The number of hydrogen-bond donors (Lipinski definition) is 1. The Morgan fingerprint density at radius 2 is 2.00 bits per heavy atom.